The summed E-state index contributed by atoms with van der Waals surface area (Å²) in [6.07, 6.45) is 1.73. The van der Waals surface area contributed by atoms with Gasteiger partial charge >= 0.3 is 7.82 Å². The van der Waals surface area contributed by atoms with Crippen LogP contribution in [0.5, 0.6) is 5.75 Å². The Hall–Kier alpha value is -3.08. The molecule has 1 aromatic heterocycles. The fourth-order valence-electron chi connectivity index (χ4n) is 3.28. The maximum absolute atomic E-state index is 13.5. The molecule has 2 heterocycles. The van der Waals surface area contributed by atoms with Gasteiger partial charge in [0.1, 0.15) is 48.1 Å². The van der Waals surface area contributed by atoms with E-state index in [2.05, 4.69) is 25.1 Å². The molecule has 1 aliphatic heterocycles. The maximum atomic E-state index is 13.5. The number of ether oxygens (including phenoxy) is 2. The number of carbonyl (C=O) groups excluding carboxylic acids is 1. The van der Waals surface area contributed by atoms with E-state index in [0.29, 0.717) is 47.8 Å². The van der Waals surface area contributed by atoms with E-state index in [4.69, 9.17) is 30.9 Å². The molecule has 1 saturated heterocycles. The number of fused-ring (bicyclic) bond motifs is 1. The number of benzene rings is 2. The maximum Gasteiger partial charge on any atom is 0.469 e. The van der Waals surface area contributed by atoms with Crippen molar-refractivity contribution in [2.24, 2.45) is 0 Å². The molecule has 1 atom stereocenters. The molecule has 1 aliphatic rings. The number of nitrogens with one attached hydrogen (secondary N) is 2. The second-order valence-corrected chi connectivity index (χ2v) is 9.06. The molecule has 3 aromatic rings. The summed E-state index contributed by atoms with van der Waals surface area (Å²) < 4.78 is 40.4. The van der Waals surface area contributed by atoms with Crippen LogP contribution in [0.4, 0.5) is 21.6 Å². The highest BCUT2D eigenvalue weighted by molar-refractivity contribution is 7.46. The third-order valence-corrected chi connectivity index (χ3v) is 5.64. The van der Waals surface area contributed by atoms with Crippen LogP contribution >= 0.6 is 19.4 Å². The minimum Gasteiger partial charge on any atom is -0.486 e. The van der Waals surface area contributed by atoms with Gasteiger partial charge < -0.3 is 29.9 Å². The normalized spacial score (nSPS) is 15.6. The van der Waals surface area contributed by atoms with Crippen LogP contribution in [0.3, 0.4) is 0 Å². The molecule has 2 aromatic carbocycles. The highest BCUT2D eigenvalue weighted by atomic mass is 35.5. The van der Waals surface area contributed by atoms with Crippen LogP contribution in [0.15, 0.2) is 42.4 Å². The van der Waals surface area contributed by atoms with Crippen LogP contribution in [-0.4, -0.2) is 51.6 Å². The third-order valence-electron chi connectivity index (χ3n) is 4.89. The average Bonchev–Trinajstić information content (AvgIpc) is 3.32. The molecule has 1 unspecified atom stereocenters. The van der Waals surface area contributed by atoms with Crippen molar-refractivity contribution >= 4 is 53.5 Å². The smallest absolute Gasteiger partial charge is 0.469 e. The summed E-state index contributed by atoms with van der Waals surface area (Å²) in [5, 5.41) is 6.21. The first-order valence-electron chi connectivity index (χ1n) is 10.2. The SMILES string of the molecule is O=C=C(COP(=O)(O)O)Nc1cc2c(Nc3ccc(F)c(Cl)c3)ncnc2cc1OC1CCOC1. The Morgan fingerprint density at radius 1 is 1.31 bits per heavy atom. The highest BCUT2D eigenvalue weighted by Gasteiger charge is 2.22. The van der Waals surface area contributed by atoms with Crippen molar-refractivity contribution in [2.45, 2.75) is 12.5 Å². The summed E-state index contributed by atoms with van der Waals surface area (Å²) in [5.41, 5.74) is 0.944. The molecule has 4 N–H and O–H groups in total. The van der Waals surface area contributed by atoms with Gasteiger partial charge in [-0.25, -0.2) is 23.7 Å². The van der Waals surface area contributed by atoms with Gasteiger partial charge in [0.2, 0.25) is 0 Å². The van der Waals surface area contributed by atoms with Crippen molar-refractivity contribution in [3.05, 3.63) is 53.2 Å². The van der Waals surface area contributed by atoms with Gasteiger partial charge in [0.15, 0.2) is 0 Å². The van der Waals surface area contributed by atoms with E-state index in [0.717, 1.165) is 0 Å². The van der Waals surface area contributed by atoms with Gasteiger partial charge in [-0.1, -0.05) is 11.6 Å². The summed E-state index contributed by atoms with van der Waals surface area (Å²) in [6, 6.07) is 7.29. The minimum absolute atomic E-state index is 0.0731. The van der Waals surface area contributed by atoms with Gasteiger partial charge in [-0.15, -0.1) is 0 Å². The fourth-order valence-corrected chi connectivity index (χ4v) is 3.75. The van der Waals surface area contributed by atoms with Crippen LogP contribution in [0.1, 0.15) is 6.42 Å². The number of phosphoric ester groups is 1. The Labute approximate surface area is 203 Å². The second kappa shape index (κ2) is 10.7. The van der Waals surface area contributed by atoms with Crippen molar-refractivity contribution in [2.75, 3.05) is 30.5 Å². The lowest BCUT2D eigenvalue weighted by atomic mass is 10.1. The zero-order valence-corrected chi connectivity index (χ0v) is 19.6. The van der Waals surface area contributed by atoms with E-state index in [9.17, 15) is 13.8 Å². The lowest BCUT2D eigenvalue weighted by molar-refractivity contribution is 0.142. The Bertz CT molecular complexity index is 1340. The lowest BCUT2D eigenvalue weighted by Crippen LogP contribution is -2.17. The van der Waals surface area contributed by atoms with Crippen molar-refractivity contribution in [3.63, 3.8) is 0 Å². The fraction of sp³-hybridized carbons (Fsp3) is 0.238. The first-order chi connectivity index (χ1) is 16.7. The van der Waals surface area contributed by atoms with Gasteiger partial charge in [0.25, 0.3) is 0 Å². The number of hydrogen-bond acceptors (Lipinski definition) is 9. The van der Waals surface area contributed by atoms with Crippen molar-refractivity contribution < 1.29 is 37.5 Å². The van der Waals surface area contributed by atoms with Gasteiger partial charge in [-0.2, -0.15) is 0 Å². The molecule has 0 radical (unpaired) electrons. The molecular weight excluding hydrogens is 506 g/mol. The van der Waals surface area contributed by atoms with Crippen molar-refractivity contribution in [3.8, 4) is 5.75 Å². The molecule has 4 rings (SSSR count). The largest absolute Gasteiger partial charge is 0.486 e. The predicted octanol–water partition coefficient (Wildman–Crippen LogP) is 3.57. The van der Waals surface area contributed by atoms with Crippen LogP contribution < -0.4 is 15.4 Å². The van der Waals surface area contributed by atoms with Crippen LogP contribution in [0, 0.1) is 5.82 Å². The summed E-state index contributed by atoms with van der Waals surface area (Å²) >= 11 is 5.87. The molecule has 1 fully saturated rings. The van der Waals surface area contributed by atoms with Crippen molar-refractivity contribution in [1.82, 2.24) is 9.97 Å². The summed E-state index contributed by atoms with van der Waals surface area (Å²) in [7, 11) is -4.82. The van der Waals surface area contributed by atoms with Gasteiger partial charge in [-0.05, 0) is 24.3 Å². The Morgan fingerprint density at radius 2 is 2.14 bits per heavy atom. The lowest BCUT2D eigenvalue weighted by Gasteiger charge is -2.19. The zero-order valence-electron chi connectivity index (χ0n) is 17.9. The third kappa shape index (κ3) is 6.53. The topological polar surface area (TPSA) is 152 Å². The number of rotatable bonds is 9. The van der Waals surface area contributed by atoms with Crippen LogP contribution in [0.2, 0.25) is 5.02 Å². The number of nitrogens with zero attached hydrogens (tertiary/aromatic N) is 2. The van der Waals surface area contributed by atoms with E-state index in [1.54, 1.807) is 18.1 Å². The van der Waals surface area contributed by atoms with E-state index >= 15 is 0 Å². The standard InChI is InChI=1S/C21H19ClFN4O7P/c22-16-5-12(1-2-17(16)23)27-21-15-6-19(26-13(8-28)9-33-35(29,30)31)20(7-18(15)24-11-25-21)34-14-3-4-32-10-14/h1-2,5-7,11,14,26H,3-4,9-10H2,(H,24,25,27)(H2,29,30,31). The zero-order chi connectivity index (χ0) is 25.0. The van der Waals surface area contributed by atoms with Crippen LogP contribution in [-0.2, 0) is 18.6 Å². The molecular formula is C21H19ClFN4O7P. The Balaban J connectivity index is 1.72. The molecule has 184 valence electrons. The molecule has 0 bridgehead atoms. The minimum atomic E-state index is -4.82. The number of halogens is 2. The van der Waals surface area contributed by atoms with E-state index in [1.807, 2.05) is 0 Å². The Kier molecular flexibility index (Phi) is 7.63. The highest BCUT2D eigenvalue weighted by Crippen LogP contribution is 2.38. The summed E-state index contributed by atoms with van der Waals surface area (Å²) in [6.45, 7) is 0.187. The molecule has 0 saturated carbocycles. The van der Waals surface area contributed by atoms with Crippen LogP contribution in [0.25, 0.3) is 10.9 Å². The van der Waals surface area contributed by atoms with E-state index in [-0.39, 0.29) is 22.5 Å². The van der Waals surface area contributed by atoms with Gasteiger partial charge in [0.05, 0.1) is 29.4 Å². The monoisotopic (exact) mass is 524 g/mol. The predicted molar refractivity (Wildman–Crippen MR) is 125 cm³/mol. The molecule has 0 amide bonds. The molecule has 35 heavy (non-hydrogen) atoms. The number of aromatic nitrogens is 2. The number of anilines is 3. The first kappa shape index (κ1) is 25.0. The second-order valence-electron chi connectivity index (χ2n) is 7.41. The van der Waals surface area contributed by atoms with Gasteiger partial charge in [-0.3, -0.25) is 4.52 Å². The summed E-state index contributed by atoms with van der Waals surface area (Å²) in [4.78, 5) is 37.8. The van der Waals surface area contributed by atoms with E-state index in [1.165, 1.54) is 24.5 Å². The first-order valence-corrected chi connectivity index (χ1v) is 12.1. The molecule has 0 aliphatic carbocycles. The summed E-state index contributed by atoms with van der Waals surface area (Å²) in [5.74, 6) is 1.66. The van der Waals surface area contributed by atoms with Gasteiger partial charge in [0, 0.05) is 23.6 Å². The molecule has 14 heteroatoms. The molecule has 11 nitrogen and oxygen atoms in total. The number of phosphoric acid groups is 1. The van der Waals surface area contributed by atoms with Crippen molar-refractivity contribution in [1.29, 1.82) is 0 Å². The van der Waals surface area contributed by atoms with E-state index < -0.39 is 20.2 Å². The average molecular weight is 525 g/mol. The Morgan fingerprint density at radius 3 is 2.83 bits per heavy atom. The molecule has 0 spiro atoms. The number of hydrogen-bond donors (Lipinski definition) is 4. The quantitative estimate of drug-likeness (QED) is 0.240.